The third-order valence-electron chi connectivity index (χ3n) is 3.89. The van der Waals surface area contributed by atoms with Crippen molar-refractivity contribution < 1.29 is 19.5 Å². The second-order valence-corrected chi connectivity index (χ2v) is 5.31. The topological polar surface area (TPSA) is 113 Å². The quantitative estimate of drug-likeness (QED) is 0.678. The number of hydrogen-bond donors (Lipinski definition) is 3. The van der Waals surface area contributed by atoms with E-state index in [1.807, 2.05) is 6.92 Å². The first-order chi connectivity index (χ1) is 9.36. The number of rotatable bonds is 5. The van der Waals surface area contributed by atoms with E-state index in [4.69, 9.17) is 10.8 Å². The van der Waals surface area contributed by atoms with Crippen molar-refractivity contribution >= 4 is 17.9 Å². The molecule has 1 rings (SSSR count). The Morgan fingerprint density at radius 2 is 2.05 bits per heavy atom. The van der Waals surface area contributed by atoms with Crippen molar-refractivity contribution in [2.24, 2.45) is 17.6 Å². The third kappa shape index (κ3) is 4.11. The number of amides is 3. The van der Waals surface area contributed by atoms with Gasteiger partial charge in [0.15, 0.2) is 0 Å². The molecule has 0 aliphatic carbocycles. The molecule has 1 aliphatic heterocycles. The van der Waals surface area contributed by atoms with Crippen molar-refractivity contribution in [1.82, 2.24) is 10.2 Å². The Kier molecular flexibility index (Phi) is 5.79. The van der Waals surface area contributed by atoms with E-state index >= 15 is 0 Å². The van der Waals surface area contributed by atoms with Crippen LogP contribution in [-0.4, -0.2) is 47.0 Å². The summed E-state index contributed by atoms with van der Waals surface area (Å²) in [6.07, 6.45) is 1.86. The molecule has 3 atom stereocenters. The number of likely N-dealkylation sites (tertiary alicyclic amines) is 1. The normalized spacial score (nSPS) is 24.0. The van der Waals surface area contributed by atoms with Gasteiger partial charge in [-0.05, 0) is 26.2 Å². The molecule has 1 fully saturated rings. The van der Waals surface area contributed by atoms with E-state index < -0.39 is 17.8 Å². The van der Waals surface area contributed by atoms with Crippen molar-refractivity contribution in [3.05, 3.63) is 0 Å². The molecule has 1 aliphatic rings. The van der Waals surface area contributed by atoms with Gasteiger partial charge in [-0.1, -0.05) is 6.92 Å². The van der Waals surface area contributed by atoms with Crippen LogP contribution in [-0.2, 0) is 9.59 Å². The fourth-order valence-corrected chi connectivity index (χ4v) is 2.34. The van der Waals surface area contributed by atoms with Crippen LogP contribution in [0.3, 0.4) is 0 Å². The monoisotopic (exact) mass is 285 g/mol. The van der Waals surface area contributed by atoms with E-state index in [0.717, 1.165) is 6.42 Å². The first-order valence-corrected chi connectivity index (χ1v) is 6.93. The van der Waals surface area contributed by atoms with Gasteiger partial charge in [-0.2, -0.15) is 0 Å². The maximum Gasteiger partial charge on any atom is 0.317 e. The van der Waals surface area contributed by atoms with Gasteiger partial charge in [0.25, 0.3) is 0 Å². The minimum Gasteiger partial charge on any atom is -0.481 e. The van der Waals surface area contributed by atoms with Gasteiger partial charge in [0, 0.05) is 19.1 Å². The standard InChI is InChI=1S/C13H23N3O4/c1-3-9(12(18)19)6-15-13(20)16-7-10(11(14)17)5-4-8(16)2/h8-10H,3-7H2,1-2H3,(H2,14,17)(H,15,20)(H,18,19). The second-order valence-electron chi connectivity index (χ2n) is 5.31. The largest absolute Gasteiger partial charge is 0.481 e. The first-order valence-electron chi connectivity index (χ1n) is 6.93. The molecule has 4 N–H and O–H groups in total. The molecule has 1 heterocycles. The Morgan fingerprint density at radius 1 is 1.40 bits per heavy atom. The summed E-state index contributed by atoms with van der Waals surface area (Å²) < 4.78 is 0. The Hall–Kier alpha value is -1.79. The molecular weight excluding hydrogens is 262 g/mol. The van der Waals surface area contributed by atoms with E-state index in [0.29, 0.717) is 19.4 Å². The molecule has 7 nitrogen and oxygen atoms in total. The Bertz CT molecular complexity index is 386. The zero-order valence-corrected chi connectivity index (χ0v) is 12.0. The summed E-state index contributed by atoms with van der Waals surface area (Å²) in [5.74, 6) is -2.23. The summed E-state index contributed by atoms with van der Waals surface area (Å²) in [6.45, 7) is 4.06. The smallest absolute Gasteiger partial charge is 0.317 e. The van der Waals surface area contributed by atoms with Gasteiger partial charge in [0.2, 0.25) is 5.91 Å². The lowest BCUT2D eigenvalue weighted by Gasteiger charge is -2.37. The molecule has 0 saturated carbocycles. The molecule has 3 unspecified atom stereocenters. The summed E-state index contributed by atoms with van der Waals surface area (Å²) in [7, 11) is 0. The van der Waals surface area contributed by atoms with Crippen molar-refractivity contribution in [2.75, 3.05) is 13.1 Å². The fraction of sp³-hybridized carbons (Fsp3) is 0.769. The van der Waals surface area contributed by atoms with Gasteiger partial charge in [-0.3, -0.25) is 9.59 Å². The zero-order chi connectivity index (χ0) is 15.3. The number of nitrogens with zero attached hydrogens (tertiary/aromatic N) is 1. The predicted octanol–water partition coefficient (Wildman–Crippen LogP) is 0.393. The molecule has 7 heteroatoms. The van der Waals surface area contributed by atoms with Crippen molar-refractivity contribution in [3.63, 3.8) is 0 Å². The van der Waals surface area contributed by atoms with Gasteiger partial charge in [-0.15, -0.1) is 0 Å². The number of nitrogens with two attached hydrogens (primary N) is 1. The van der Waals surface area contributed by atoms with Crippen molar-refractivity contribution in [1.29, 1.82) is 0 Å². The Morgan fingerprint density at radius 3 is 2.55 bits per heavy atom. The minimum absolute atomic E-state index is 0.0236. The van der Waals surface area contributed by atoms with Crippen LogP contribution in [0.5, 0.6) is 0 Å². The third-order valence-corrected chi connectivity index (χ3v) is 3.89. The number of primary amides is 1. The van der Waals surface area contributed by atoms with Gasteiger partial charge in [0.1, 0.15) is 0 Å². The Labute approximate surface area is 118 Å². The summed E-state index contributed by atoms with van der Waals surface area (Å²) >= 11 is 0. The average molecular weight is 285 g/mol. The van der Waals surface area contributed by atoms with Crippen LogP contribution < -0.4 is 11.1 Å². The molecule has 0 aromatic carbocycles. The highest BCUT2D eigenvalue weighted by atomic mass is 16.4. The van der Waals surface area contributed by atoms with E-state index in [-0.39, 0.29) is 24.5 Å². The molecular formula is C13H23N3O4. The molecule has 0 aromatic heterocycles. The molecule has 114 valence electrons. The number of nitrogens with one attached hydrogen (secondary N) is 1. The van der Waals surface area contributed by atoms with Crippen LogP contribution in [0.1, 0.15) is 33.1 Å². The molecule has 1 saturated heterocycles. The van der Waals surface area contributed by atoms with Gasteiger partial charge in [-0.25, -0.2) is 4.79 Å². The molecule has 3 amide bonds. The van der Waals surface area contributed by atoms with E-state index in [1.165, 1.54) is 0 Å². The lowest BCUT2D eigenvalue weighted by Crippen LogP contribution is -2.52. The number of urea groups is 1. The summed E-state index contributed by atoms with van der Waals surface area (Å²) in [6, 6.07) is -0.307. The SMILES string of the molecule is CCC(CNC(=O)N1CC(C(N)=O)CCC1C)C(=O)O. The first kappa shape index (κ1) is 16.3. The lowest BCUT2D eigenvalue weighted by atomic mass is 9.93. The second kappa shape index (κ2) is 7.12. The predicted molar refractivity (Wildman–Crippen MR) is 72.9 cm³/mol. The van der Waals surface area contributed by atoms with Crippen LogP contribution >= 0.6 is 0 Å². The number of carbonyl (C=O) groups excluding carboxylic acids is 2. The fourth-order valence-electron chi connectivity index (χ4n) is 2.34. The van der Waals surface area contributed by atoms with Crippen LogP contribution in [0.4, 0.5) is 4.79 Å². The Balaban J connectivity index is 2.56. The molecule has 0 spiro atoms. The summed E-state index contributed by atoms with van der Waals surface area (Å²) in [5.41, 5.74) is 5.28. The number of carboxylic acid groups (broad SMARTS) is 1. The molecule has 0 radical (unpaired) electrons. The van der Waals surface area contributed by atoms with Crippen LogP contribution in [0.25, 0.3) is 0 Å². The van der Waals surface area contributed by atoms with Crippen LogP contribution in [0.2, 0.25) is 0 Å². The van der Waals surface area contributed by atoms with E-state index in [2.05, 4.69) is 5.32 Å². The molecule has 0 bridgehead atoms. The highest BCUT2D eigenvalue weighted by Gasteiger charge is 2.31. The zero-order valence-electron chi connectivity index (χ0n) is 12.0. The van der Waals surface area contributed by atoms with Crippen molar-refractivity contribution in [3.8, 4) is 0 Å². The summed E-state index contributed by atoms with van der Waals surface area (Å²) in [5, 5.41) is 11.6. The molecule has 20 heavy (non-hydrogen) atoms. The number of carbonyl (C=O) groups is 3. The maximum atomic E-state index is 12.1. The van der Waals surface area contributed by atoms with Crippen LogP contribution in [0, 0.1) is 11.8 Å². The van der Waals surface area contributed by atoms with Crippen LogP contribution in [0.15, 0.2) is 0 Å². The van der Waals surface area contributed by atoms with Crippen molar-refractivity contribution in [2.45, 2.75) is 39.2 Å². The number of carboxylic acids is 1. The average Bonchev–Trinajstić information content (AvgIpc) is 2.38. The summed E-state index contributed by atoms with van der Waals surface area (Å²) in [4.78, 5) is 35.8. The highest BCUT2D eigenvalue weighted by Crippen LogP contribution is 2.21. The lowest BCUT2D eigenvalue weighted by molar-refractivity contribution is -0.141. The number of hydrogen-bond acceptors (Lipinski definition) is 3. The van der Waals surface area contributed by atoms with Gasteiger partial charge >= 0.3 is 12.0 Å². The maximum absolute atomic E-state index is 12.1. The minimum atomic E-state index is -0.922. The van der Waals surface area contributed by atoms with E-state index in [1.54, 1.807) is 11.8 Å². The van der Waals surface area contributed by atoms with Gasteiger partial charge in [0.05, 0.1) is 11.8 Å². The molecule has 0 aromatic rings. The van der Waals surface area contributed by atoms with E-state index in [9.17, 15) is 14.4 Å². The number of aliphatic carboxylic acids is 1. The highest BCUT2D eigenvalue weighted by molar-refractivity contribution is 5.80. The van der Waals surface area contributed by atoms with Gasteiger partial charge < -0.3 is 21.1 Å². The number of piperidine rings is 1.